The van der Waals surface area contributed by atoms with Crippen LogP contribution in [0, 0.1) is 4.78 Å². The summed E-state index contributed by atoms with van der Waals surface area (Å²) in [5, 5.41) is 3.59. The zero-order chi connectivity index (χ0) is 20.9. The number of aromatic nitrogens is 1. The average Bonchev–Trinajstić information content (AvgIpc) is 3.32. The number of hydrogen-bond acceptors (Lipinski definition) is 6. The minimum Gasteiger partial charge on any atom is -0.441 e. The Morgan fingerprint density at radius 2 is 1.87 bits per heavy atom. The molecule has 2 fully saturated rings. The number of oxazole rings is 1. The highest BCUT2D eigenvalue weighted by Crippen LogP contribution is 2.36. The van der Waals surface area contributed by atoms with Crippen molar-refractivity contribution in [2.45, 2.75) is 60.8 Å². The Kier molecular flexibility index (Phi) is 4.86. The number of nitrogens with zero attached hydrogens (tertiary/aromatic N) is 1. The summed E-state index contributed by atoms with van der Waals surface area (Å²) in [6.45, 7) is 0. The molecule has 0 bridgehead atoms. The van der Waals surface area contributed by atoms with Gasteiger partial charge in [0.2, 0.25) is 0 Å². The van der Waals surface area contributed by atoms with Crippen LogP contribution in [0.15, 0.2) is 44.3 Å². The van der Waals surface area contributed by atoms with Crippen LogP contribution in [0.3, 0.4) is 0 Å². The van der Waals surface area contributed by atoms with E-state index in [4.69, 9.17) is 25.2 Å². The highest BCUT2D eigenvalue weighted by Gasteiger charge is 2.36. The first kappa shape index (κ1) is 19.6. The Morgan fingerprint density at radius 1 is 1.10 bits per heavy atom. The van der Waals surface area contributed by atoms with Crippen LogP contribution >= 0.6 is 11.6 Å². The number of fused-ring (bicyclic) bond motifs is 1. The molecule has 0 radical (unpaired) electrons. The lowest BCUT2D eigenvalue weighted by Gasteiger charge is -2.27. The minimum absolute atomic E-state index is 0.0323. The molecule has 0 aliphatic heterocycles. The van der Waals surface area contributed by atoms with Crippen LogP contribution in [0.2, 0.25) is 5.02 Å². The summed E-state index contributed by atoms with van der Waals surface area (Å²) < 4.78 is 31.8. The normalized spacial score (nSPS) is 23.9. The molecule has 2 saturated carbocycles. The van der Waals surface area contributed by atoms with Crippen molar-refractivity contribution in [1.82, 2.24) is 10.3 Å². The first-order valence-electron chi connectivity index (χ1n) is 10.1. The summed E-state index contributed by atoms with van der Waals surface area (Å²) in [5.41, 5.74) is 1.49. The number of carbonyl (C=O) groups is 1. The van der Waals surface area contributed by atoms with E-state index in [0.29, 0.717) is 5.02 Å². The summed E-state index contributed by atoms with van der Waals surface area (Å²) in [6.07, 6.45) is 4.89. The van der Waals surface area contributed by atoms with Crippen molar-refractivity contribution in [3.63, 3.8) is 0 Å². The van der Waals surface area contributed by atoms with Crippen molar-refractivity contribution in [3.8, 4) is 0 Å². The van der Waals surface area contributed by atoms with Crippen LogP contribution in [0.5, 0.6) is 0 Å². The number of halogens is 1. The summed E-state index contributed by atoms with van der Waals surface area (Å²) in [7, 11) is -2.94. The highest BCUT2D eigenvalue weighted by molar-refractivity contribution is 7.93. The van der Waals surface area contributed by atoms with E-state index in [2.05, 4.69) is 10.3 Å². The fourth-order valence-electron chi connectivity index (χ4n) is 4.00. The van der Waals surface area contributed by atoms with Crippen LogP contribution in [0.1, 0.15) is 60.9 Å². The molecule has 1 amide bonds. The van der Waals surface area contributed by atoms with Crippen LogP contribution in [0.25, 0.3) is 11.1 Å². The van der Waals surface area contributed by atoms with Gasteiger partial charge in [0.05, 0.1) is 5.25 Å². The maximum atomic E-state index is 12.5. The molecule has 7 nitrogen and oxygen atoms in total. The number of hydrogen-bond donors (Lipinski definition) is 2. The average molecular weight is 448 g/mol. The van der Waals surface area contributed by atoms with Crippen molar-refractivity contribution in [3.05, 3.63) is 47.0 Å². The van der Waals surface area contributed by atoms with E-state index < -0.39 is 9.73 Å². The third-order valence-electron chi connectivity index (χ3n) is 5.88. The van der Waals surface area contributed by atoms with Crippen LogP contribution < -0.4 is 5.32 Å². The molecule has 2 N–H and O–H groups in total. The van der Waals surface area contributed by atoms with Crippen LogP contribution in [-0.4, -0.2) is 26.4 Å². The lowest BCUT2D eigenvalue weighted by molar-refractivity contribution is 0.0891. The number of amides is 1. The molecule has 1 aromatic carbocycles. The van der Waals surface area contributed by atoms with E-state index in [0.717, 1.165) is 55.5 Å². The van der Waals surface area contributed by atoms with E-state index >= 15 is 0 Å². The van der Waals surface area contributed by atoms with E-state index in [1.54, 1.807) is 12.1 Å². The molecule has 0 spiro atoms. The Bertz CT molecular complexity index is 1200. The third kappa shape index (κ3) is 3.74. The van der Waals surface area contributed by atoms with E-state index in [9.17, 15) is 9.00 Å². The van der Waals surface area contributed by atoms with Gasteiger partial charge in [-0.2, -0.15) is 0 Å². The van der Waals surface area contributed by atoms with Gasteiger partial charge in [0, 0.05) is 17.0 Å². The van der Waals surface area contributed by atoms with Gasteiger partial charge < -0.3 is 14.2 Å². The Hall–Kier alpha value is -2.32. The van der Waals surface area contributed by atoms with Crippen molar-refractivity contribution >= 4 is 38.3 Å². The molecule has 0 unspecified atom stereocenters. The molecule has 1 atom stereocenters. The number of rotatable bonds is 5. The quantitative estimate of drug-likeness (QED) is 0.565. The van der Waals surface area contributed by atoms with Crippen molar-refractivity contribution in [2.24, 2.45) is 0 Å². The maximum absolute atomic E-state index is 12.5. The standard InChI is InChI=1S/C21H22ClN3O4S/c22-13-3-8-17-16(11-13)25-21(29-17)12-1-4-14(5-2-12)24-20(26)18-9-10-19(28-18)30(23,27)15-6-7-15/h3,8-12,14-15,23H,1-2,4-7H2,(H,24,26)/t12-,14+,30-/m1/s1. The van der Waals surface area contributed by atoms with Crippen LogP contribution in [-0.2, 0) is 9.73 Å². The largest absolute Gasteiger partial charge is 0.441 e. The third-order valence-corrected chi connectivity index (χ3v) is 8.34. The first-order valence-corrected chi connectivity index (χ1v) is 12.1. The second kappa shape index (κ2) is 7.42. The smallest absolute Gasteiger partial charge is 0.287 e. The Balaban J connectivity index is 1.20. The van der Waals surface area contributed by atoms with E-state index in [1.165, 1.54) is 12.1 Å². The zero-order valence-corrected chi connectivity index (χ0v) is 17.8. The molecule has 2 heterocycles. The molecule has 5 rings (SSSR count). The van der Waals surface area contributed by atoms with Gasteiger partial charge in [-0.25, -0.2) is 14.0 Å². The SMILES string of the molecule is N=[S@](=O)(c1ccc(C(=O)N[C@H]2CC[C@@H](c3nc4cc(Cl)ccc4o3)CC2)o1)C1CC1. The maximum Gasteiger partial charge on any atom is 0.287 e. The van der Waals surface area contributed by atoms with Crippen LogP contribution in [0.4, 0.5) is 0 Å². The second-order valence-corrected chi connectivity index (χ2v) is 10.8. The second-order valence-electron chi connectivity index (χ2n) is 8.10. The monoisotopic (exact) mass is 447 g/mol. The Morgan fingerprint density at radius 3 is 2.60 bits per heavy atom. The van der Waals surface area contributed by atoms with Gasteiger partial charge in [-0.05, 0) is 68.9 Å². The lowest BCUT2D eigenvalue weighted by atomic mass is 9.86. The molecular formula is C21H22ClN3O4S. The first-order chi connectivity index (χ1) is 14.4. The van der Waals surface area contributed by atoms with E-state index in [1.807, 2.05) is 6.07 Å². The fraction of sp³-hybridized carbons (Fsp3) is 0.429. The number of nitrogens with one attached hydrogen (secondary N) is 2. The number of furan rings is 1. The highest BCUT2D eigenvalue weighted by atomic mass is 35.5. The molecule has 2 aliphatic rings. The zero-order valence-electron chi connectivity index (χ0n) is 16.2. The summed E-state index contributed by atoms with van der Waals surface area (Å²) in [4.78, 5) is 17.1. The molecule has 158 valence electrons. The molecular weight excluding hydrogens is 426 g/mol. The minimum atomic E-state index is -2.94. The molecule has 9 heteroatoms. The Labute approximate surface area is 179 Å². The molecule has 0 saturated heterocycles. The van der Waals surface area contributed by atoms with Gasteiger partial charge in [-0.1, -0.05) is 11.6 Å². The topological polar surface area (TPSA) is 109 Å². The molecule has 30 heavy (non-hydrogen) atoms. The van der Waals surface area contributed by atoms with Gasteiger partial charge in [-0.15, -0.1) is 0 Å². The number of benzene rings is 1. The number of carbonyl (C=O) groups excluding carboxylic acids is 1. The predicted octanol–water partition coefficient (Wildman–Crippen LogP) is 5.10. The van der Waals surface area contributed by atoms with Gasteiger partial charge in [0.15, 0.2) is 22.3 Å². The lowest BCUT2D eigenvalue weighted by Crippen LogP contribution is -2.37. The molecule has 2 aromatic heterocycles. The van der Waals surface area contributed by atoms with Gasteiger partial charge >= 0.3 is 0 Å². The van der Waals surface area contributed by atoms with Gasteiger partial charge in [0.25, 0.3) is 5.91 Å². The summed E-state index contributed by atoms with van der Waals surface area (Å²) in [5.74, 6) is 0.722. The predicted molar refractivity (Wildman–Crippen MR) is 112 cm³/mol. The van der Waals surface area contributed by atoms with Crippen molar-refractivity contribution in [2.75, 3.05) is 0 Å². The van der Waals surface area contributed by atoms with Gasteiger partial charge in [-0.3, -0.25) is 4.79 Å². The fourth-order valence-corrected chi connectivity index (χ4v) is 5.78. The van der Waals surface area contributed by atoms with Crippen molar-refractivity contribution < 1.29 is 17.8 Å². The summed E-state index contributed by atoms with van der Waals surface area (Å²) in [6, 6.07) is 8.46. The summed E-state index contributed by atoms with van der Waals surface area (Å²) >= 11 is 6.02. The van der Waals surface area contributed by atoms with Gasteiger partial charge in [0.1, 0.15) is 15.2 Å². The molecule has 2 aliphatic carbocycles. The van der Waals surface area contributed by atoms with Crippen molar-refractivity contribution in [1.29, 1.82) is 4.78 Å². The molecule has 3 aromatic rings. The van der Waals surface area contributed by atoms with E-state index in [-0.39, 0.29) is 34.0 Å².